The summed E-state index contributed by atoms with van der Waals surface area (Å²) in [5.74, 6) is 0.160. The van der Waals surface area contributed by atoms with Crippen LogP contribution in [0.5, 0.6) is 0 Å². The molecule has 0 aliphatic heterocycles. The van der Waals surface area contributed by atoms with Gasteiger partial charge in [0.2, 0.25) is 17.6 Å². The topological polar surface area (TPSA) is 102 Å². The number of rotatable bonds is 9. The molecule has 0 saturated carbocycles. The smallest absolute Gasteiger partial charge is 0.267 e. The third-order valence-corrected chi connectivity index (χ3v) is 8.25. The molecule has 0 radical (unpaired) electrons. The highest BCUT2D eigenvalue weighted by molar-refractivity contribution is 7.99. The number of aromatic nitrogens is 4. The van der Waals surface area contributed by atoms with Crippen molar-refractivity contribution in [1.82, 2.24) is 24.1 Å². The summed E-state index contributed by atoms with van der Waals surface area (Å²) in [6, 6.07) is 22.1. The standard InChI is InChI=1S/C30H29ClN6O3S/c1-4-19(2)20-13-15-21(16-14-20)36-28(40)22-9-5-8-12-25(22)37-29(36)33-34-30(37)41-18-27(39)35(3)17-26(38)32-24-11-7-6-10-23(24)31/h5-16,19H,4,17-18H2,1-3H3,(H,32,38)/t19-/m1/s1. The molecule has 1 atom stereocenters. The first-order chi connectivity index (χ1) is 19.8. The number of para-hydroxylation sites is 2. The van der Waals surface area contributed by atoms with Crippen LogP contribution >= 0.6 is 23.4 Å². The highest BCUT2D eigenvalue weighted by Gasteiger charge is 2.20. The maximum absolute atomic E-state index is 13.6. The Bertz CT molecular complexity index is 1800. The van der Waals surface area contributed by atoms with E-state index in [1.54, 1.807) is 46.3 Å². The van der Waals surface area contributed by atoms with Gasteiger partial charge >= 0.3 is 0 Å². The zero-order chi connectivity index (χ0) is 29.1. The molecule has 41 heavy (non-hydrogen) atoms. The summed E-state index contributed by atoms with van der Waals surface area (Å²) in [4.78, 5) is 40.4. The van der Waals surface area contributed by atoms with E-state index in [0.717, 1.165) is 6.42 Å². The molecule has 0 unspecified atom stereocenters. The van der Waals surface area contributed by atoms with Crippen molar-refractivity contribution in [2.75, 3.05) is 24.7 Å². The maximum Gasteiger partial charge on any atom is 0.267 e. The van der Waals surface area contributed by atoms with Gasteiger partial charge in [-0.2, -0.15) is 0 Å². The van der Waals surface area contributed by atoms with E-state index in [4.69, 9.17) is 11.6 Å². The fraction of sp³-hybridized carbons (Fsp3) is 0.233. The number of amides is 2. The predicted octanol–water partition coefficient (Wildman–Crippen LogP) is 5.39. The molecule has 0 saturated heterocycles. The lowest BCUT2D eigenvalue weighted by Gasteiger charge is -2.17. The van der Waals surface area contributed by atoms with Crippen LogP contribution in [0.2, 0.25) is 5.02 Å². The minimum Gasteiger partial charge on any atom is -0.336 e. The largest absolute Gasteiger partial charge is 0.336 e. The van der Waals surface area contributed by atoms with Crippen LogP contribution in [-0.4, -0.2) is 55.2 Å². The molecule has 0 spiro atoms. The lowest BCUT2D eigenvalue weighted by molar-refractivity contribution is -0.131. The monoisotopic (exact) mass is 588 g/mol. The molecule has 11 heteroatoms. The number of anilines is 1. The number of hydrogen-bond donors (Lipinski definition) is 1. The van der Waals surface area contributed by atoms with Crippen molar-refractivity contribution >= 4 is 57.5 Å². The number of carbonyl (C=O) groups is 2. The normalized spacial score (nSPS) is 12.0. The van der Waals surface area contributed by atoms with Crippen LogP contribution in [0.1, 0.15) is 31.7 Å². The van der Waals surface area contributed by atoms with Crippen LogP contribution in [0.3, 0.4) is 0 Å². The zero-order valence-corrected chi connectivity index (χ0v) is 24.4. The van der Waals surface area contributed by atoms with Crippen LogP contribution in [0.4, 0.5) is 5.69 Å². The molecule has 2 amide bonds. The Labute approximate surface area is 246 Å². The van der Waals surface area contributed by atoms with Crippen molar-refractivity contribution < 1.29 is 9.59 Å². The Hall–Kier alpha value is -4.15. The number of thioether (sulfide) groups is 1. The van der Waals surface area contributed by atoms with Crippen LogP contribution < -0.4 is 10.9 Å². The first-order valence-corrected chi connectivity index (χ1v) is 14.5. The van der Waals surface area contributed by atoms with Crippen molar-refractivity contribution in [1.29, 1.82) is 0 Å². The van der Waals surface area contributed by atoms with E-state index >= 15 is 0 Å². The molecule has 5 aromatic rings. The summed E-state index contributed by atoms with van der Waals surface area (Å²) in [7, 11) is 1.56. The second-order valence-electron chi connectivity index (χ2n) is 9.74. The van der Waals surface area contributed by atoms with Crippen molar-refractivity contribution in [2.24, 2.45) is 0 Å². The minimum absolute atomic E-state index is 0.0216. The van der Waals surface area contributed by atoms with Gasteiger partial charge < -0.3 is 10.2 Å². The van der Waals surface area contributed by atoms with Gasteiger partial charge in [0.05, 0.1) is 39.6 Å². The van der Waals surface area contributed by atoms with Gasteiger partial charge in [-0.05, 0) is 54.3 Å². The molecule has 0 aliphatic rings. The molecule has 0 aliphatic carbocycles. The Morgan fingerprint density at radius 2 is 1.73 bits per heavy atom. The average Bonchev–Trinajstić information content (AvgIpc) is 3.40. The number of halogens is 1. The lowest BCUT2D eigenvalue weighted by atomic mass is 9.98. The van der Waals surface area contributed by atoms with E-state index in [2.05, 4.69) is 29.4 Å². The van der Waals surface area contributed by atoms with Crippen molar-refractivity contribution in [3.05, 3.63) is 93.7 Å². The molecule has 9 nitrogen and oxygen atoms in total. The molecule has 2 heterocycles. The van der Waals surface area contributed by atoms with Gasteiger partial charge in [-0.15, -0.1) is 10.2 Å². The summed E-state index contributed by atoms with van der Waals surface area (Å²) in [5.41, 5.74) is 2.81. The lowest BCUT2D eigenvalue weighted by Crippen LogP contribution is -2.36. The predicted molar refractivity (Wildman–Crippen MR) is 163 cm³/mol. The molecule has 210 valence electrons. The summed E-state index contributed by atoms with van der Waals surface area (Å²) in [6.45, 7) is 4.17. The van der Waals surface area contributed by atoms with E-state index in [9.17, 15) is 14.4 Å². The van der Waals surface area contributed by atoms with Gasteiger partial charge in [-0.25, -0.2) is 4.57 Å². The average molecular weight is 589 g/mol. The molecular weight excluding hydrogens is 560 g/mol. The Kier molecular flexibility index (Phi) is 8.41. The van der Waals surface area contributed by atoms with Crippen LogP contribution in [0, 0.1) is 0 Å². The molecule has 2 aromatic heterocycles. The third kappa shape index (κ3) is 5.84. The van der Waals surface area contributed by atoms with Gasteiger partial charge in [0.1, 0.15) is 0 Å². The van der Waals surface area contributed by atoms with Crippen molar-refractivity contribution in [3.63, 3.8) is 0 Å². The molecule has 0 fully saturated rings. The third-order valence-electron chi connectivity index (χ3n) is 7.01. The Balaban J connectivity index is 1.40. The van der Waals surface area contributed by atoms with Gasteiger partial charge in [0.25, 0.3) is 5.56 Å². The fourth-order valence-corrected chi connectivity index (χ4v) is 5.55. The number of carbonyl (C=O) groups excluding carboxylic acids is 2. The first kappa shape index (κ1) is 28.4. The second-order valence-corrected chi connectivity index (χ2v) is 11.1. The quantitative estimate of drug-likeness (QED) is 0.232. The summed E-state index contributed by atoms with van der Waals surface area (Å²) >= 11 is 7.30. The van der Waals surface area contributed by atoms with Gasteiger partial charge in [-0.1, -0.05) is 73.6 Å². The first-order valence-electron chi connectivity index (χ1n) is 13.2. The molecule has 1 N–H and O–H groups in total. The summed E-state index contributed by atoms with van der Waals surface area (Å²) in [5, 5.41) is 12.8. The second kappa shape index (κ2) is 12.2. The van der Waals surface area contributed by atoms with E-state index in [1.807, 2.05) is 42.5 Å². The van der Waals surface area contributed by atoms with Crippen molar-refractivity contribution in [3.8, 4) is 5.69 Å². The fourth-order valence-electron chi connectivity index (χ4n) is 4.48. The highest BCUT2D eigenvalue weighted by Crippen LogP contribution is 2.25. The molecular formula is C30H29ClN6O3S. The minimum atomic E-state index is -0.360. The highest BCUT2D eigenvalue weighted by atomic mass is 35.5. The van der Waals surface area contributed by atoms with Crippen LogP contribution in [0.25, 0.3) is 22.4 Å². The number of fused-ring (bicyclic) bond motifs is 3. The van der Waals surface area contributed by atoms with Crippen molar-refractivity contribution in [2.45, 2.75) is 31.3 Å². The van der Waals surface area contributed by atoms with E-state index in [0.29, 0.717) is 44.2 Å². The maximum atomic E-state index is 13.6. The van der Waals surface area contributed by atoms with E-state index in [1.165, 1.54) is 22.2 Å². The van der Waals surface area contributed by atoms with Gasteiger partial charge in [0.15, 0.2) is 5.16 Å². The number of nitrogens with zero attached hydrogens (tertiary/aromatic N) is 5. The van der Waals surface area contributed by atoms with E-state index in [-0.39, 0.29) is 29.7 Å². The Morgan fingerprint density at radius 1 is 1.02 bits per heavy atom. The zero-order valence-electron chi connectivity index (χ0n) is 22.9. The van der Waals surface area contributed by atoms with Gasteiger partial charge in [-0.3, -0.25) is 18.8 Å². The molecule has 0 bridgehead atoms. The summed E-state index contributed by atoms with van der Waals surface area (Å²) < 4.78 is 3.34. The molecule has 3 aromatic carbocycles. The number of nitrogens with one attached hydrogen (secondary N) is 1. The summed E-state index contributed by atoms with van der Waals surface area (Å²) in [6.07, 6.45) is 1.02. The molecule has 5 rings (SSSR count). The van der Waals surface area contributed by atoms with E-state index < -0.39 is 0 Å². The number of benzene rings is 3. The number of hydrogen-bond acceptors (Lipinski definition) is 6. The SMILES string of the molecule is CC[C@@H](C)c1ccc(-n2c(=O)c3ccccc3n3c(SCC(=O)N(C)CC(=O)Nc4ccccc4Cl)nnc23)cc1. The van der Waals surface area contributed by atoms with Crippen LogP contribution in [0.15, 0.2) is 82.7 Å². The Morgan fingerprint density at radius 3 is 2.46 bits per heavy atom. The van der Waals surface area contributed by atoms with Crippen LogP contribution in [-0.2, 0) is 9.59 Å². The van der Waals surface area contributed by atoms with Gasteiger partial charge in [0, 0.05) is 7.05 Å². The number of likely N-dealkylation sites (N-methyl/N-ethyl adjacent to an activating group) is 1.